The molecule has 3 aromatic rings. The number of aliphatic imine (C=N–C) groups is 2. The second-order valence-corrected chi connectivity index (χ2v) is 17.1. The van der Waals surface area contributed by atoms with Crippen molar-refractivity contribution in [3.8, 4) is 22.6 Å². The number of nitrogens with one attached hydrogen (secondary N) is 4. The minimum absolute atomic E-state index is 0.334. The Kier molecular flexibility index (Phi) is 14.6. The van der Waals surface area contributed by atoms with Crippen LogP contribution in [0, 0.1) is 0 Å². The number of amides is 4. The van der Waals surface area contributed by atoms with Crippen LogP contribution in [-0.4, -0.2) is 58.7 Å². The van der Waals surface area contributed by atoms with Crippen LogP contribution >= 0.6 is 0 Å². The zero-order chi connectivity index (χ0) is 46.5. The van der Waals surface area contributed by atoms with E-state index in [2.05, 4.69) is 31.3 Å². The number of carbonyl (C=O) groups is 4. The lowest BCUT2D eigenvalue weighted by Crippen LogP contribution is -2.40. The number of guanidine groups is 2. The summed E-state index contributed by atoms with van der Waals surface area (Å²) in [4.78, 5) is 57.2. The molecule has 0 unspecified atom stereocenters. The number of benzene rings is 2. The summed E-state index contributed by atoms with van der Waals surface area (Å²) in [6.45, 7) is 18.5. The van der Waals surface area contributed by atoms with E-state index in [0.717, 1.165) is 36.4 Å². The van der Waals surface area contributed by atoms with Crippen LogP contribution in [0.25, 0.3) is 22.6 Å². The van der Waals surface area contributed by atoms with Gasteiger partial charge in [0.25, 0.3) is 0 Å². The van der Waals surface area contributed by atoms with Crippen LogP contribution in [0.1, 0.15) is 94.2 Å². The second kappa shape index (κ2) is 18.1. The van der Waals surface area contributed by atoms with Gasteiger partial charge in [-0.25, -0.2) is 19.2 Å². The maximum Gasteiger partial charge on any atom is 0.437 e. The number of halogens is 6. The predicted octanol–water partition coefficient (Wildman–Crippen LogP) is 11.1. The summed E-state index contributed by atoms with van der Waals surface area (Å²) >= 11 is 0. The summed E-state index contributed by atoms with van der Waals surface area (Å²) in [5.74, 6) is -2.25. The highest BCUT2D eigenvalue weighted by Crippen LogP contribution is 2.43. The van der Waals surface area contributed by atoms with E-state index in [1.807, 2.05) is 0 Å². The fraction of sp³-hybridized carbons (Fsp3) is 0.450. The van der Waals surface area contributed by atoms with Crippen LogP contribution in [0.2, 0.25) is 0 Å². The first kappa shape index (κ1) is 49.1. The van der Waals surface area contributed by atoms with Crippen molar-refractivity contribution in [2.45, 2.75) is 118 Å². The molecule has 61 heavy (non-hydrogen) atoms. The third-order valence-electron chi connectivity index (χ3n) is 6.74. The molecule has 0 aliphatic carbocycles. The Morgan fingerprint density at radius 3 is 1.08 bits per heavy atom. The van der Waals surface area contributed by atoms with Gasteiger partial charge in [0.1, 0.15) is 33.9 Å². The van der Waals surface area contributed by atoms with Crippen molar-refractivity contribution in [3.63, 3.8) is 0 Å². The standard InChI is InChI=1S/C40H48F6N6O9/c1-35(2,3)58-31(53)49-29(50-32(54)59-36(4,5)6)47-21-13-15-23(25(19-21)39(41,42)43)27-17-18-28(57-27)24-16-14-22(20-26(24)40(44,45)46)48-30(51-33(55)60-37(7,8)9)52-34(56)61-38(10,11)12/h13-20H,1-12H3,(H2,47,49,50,53,54)(H2,48,51,52,55,56). The highest BCUT2D eigenvalue weighted by atomic mass is 19.4. The Morgan fingerprint density at radius 2 is 0.803 bits per heavy atom. The molecule has 2 aromatic carbocycles. The number of anilines is 2. The van der Waals surface area contributed by atoms with Crippen LogP contribution in [-0.2, 0) is 31.3 Å². The number of carbonyl (C=O) groups excluding carboxylic acids is 4. The molecule has 0 saturated heterocycles. The molecule has 0 fully saturated rings. The summed E-state index contributed by atoms with van der Waals surface area (Å²) in [5, 5.41) is 9.17. The lowest BCUT2D eigenvalue weighted by molar-refractivity contribution is -0.137. The van der Waals surface area contributed by atoms with Crippen LogP contribution in [0.5, 0.6) is 0 Å². The molecule has 0 aliphatic rings. The van der Waals surface area contributed by atoms with Crippen LogP contribution in [0.15, 0.2) is 62.9 Å². The van der Waals surface area contributed by atoms with E-state index in [1.54, 1.807) is 41.5 Å². The lowest BCUT2D eigenvalue weighted by atomic mass is 10.0. The molecular weight excluding hydrogens is 822 g/mol. The highest BCUT2D eigenvalue weighted by Gasteiger charge is 2.37. The van der Waals surface area contributed by atoms with Crippen molar-refractivity contribution in [3.05, 3.63) is 59.7 Å². The summed E-state index contributed by atoms with van der Waals surface area (Å²) in [6.07, 6.45) is -14.8. The van der Waals surface area contributed by atoms with E-state index < -0.39 is 105 Å². The highest BCUT2D eigenvalue weighted by molar-refractivity contribution is 6.07. The van der Waals surface area contributed by atoms with Gasteiger partial charge in [-0.2, -0.15) is 26.3 Å². The molecule has 21 heteroatoms. The summed E-state index contributed by atoms with van der Waals surface area (Å²) in [7, 11) is 0. The first-order valence-electron chi connectivity index (χ1n) is 18.3. The van der Waals surface area contributed by atoms with E-state index in [-0.39, 0.29) is 11.4 Å². The van der Waals surface area contributed by atoms with Crippen molar-refractivity contribution in [2.24, 2.45) is 9.98 Å². The molecule has 4 N–H and O–H groups in total. The zero-order valence-corrected chi connectivity index (χ0v) is 35.5. The molecule has 0 aliphatic heterocycles. The van der Waals surface area contributed by atoms with Crippen molar-refractivity contribution < 1.29 is 68.9 Å². The van der Waals surface area contributed by atoms with Gasteiger partial charge in [-0.3, -0.25) is 10.6 Å². The summed E-state index contributed by atoms with van der Waals surface area (Å²) in [6, 6.07) is 7.39. The second-order valence-electron chi connectivity index (χ2n) is 17.1. The Balaban J connectivity index is 2.05. The van der Waals surface area contributed by atoms with Gasteiger partial charge >= 0.3 is 36.7 Å². The summed E-state index contributed by atoms with van der Waals surface area (Å²) in [5.41, 5.74) is -8.53. The first-order valence-corrected chi connectivity index (χ1v) is 18.3. The normalized spacial score (nSPS) is 13.2. The van der Waals surface area contributed by atoms with Crippen LogP contribution < -0.4 is 21.3 Å². The van der Waals surface area contributed by atoms with Crippen LogP contribution in [0.3, 0.4) is 0 Å². The van der Waals surface area contributed by atoms with E-state index in [0.29, 0.717) is 12.1 Å². The monoisotopic (exact) mass is 870 g/mol. The van der Waals surface area contributed by atoms with Gasteiger partial charge in [0, 0.05) is 22.5 Å². The molecule has 15 nitrogen and oxygen atoms in total. The lowest BCUT2D eigenvalue weighted by Gasteiger charge is -2.21. The average Bonchev–Trinajstić information content (AvgIpc) is 3.50. The third-order valence-corrected chi connectivity index (χ3v) is 6.74. The number of hydrogen-bond acceptors (Lipinski definition) is 9. The van der Waals surface area contributed by atoms with Crippen molar-refractivity contribution in [1.29, 1.82) is 0 Å². The Labute approximate surface area is 347 Å². The van der Waals surface area contributed by atoms with Gasteiger partial charge < -0.3 is 34.0 Å². The van der Waals surface area contributed by atoms with Crippen molar-refractivity contribution >= 4 is 47.7 Å². The SMILES string of the molecule is CC(C)(C)OC(=O)/N=C(/NC(=O)OC(C)(C)C)Nc1ccc(-c2ccc(-c3ccc(N/C(=N\C(=O)OC(C)(C)C)NC(=O)OC(C)(C)C)cc3C(F)(F)F)o2)c(C(F)(F)F)c1. The Hall–Kier alpha value is -6.28. The van der Waals surface area contributed by atoms with Gasteiger partial charge in [0.2, 0.25) is 11.9 Å². The van der Waals surface area contributed by atoms with E-state index in [4.69, 9.17) is 23.4 Å². The van der Waals surface area contributed by atoms with Crippen molar-refractivity contribution in [2.75, 3.05) is 10.6 Å². The molecule has 4 amide bonds. The summed E-state index contributed by atoms with van der Waals surface area (Å²) < 4.78 is 114. The van der Waals surface area contributed by atoms with E-state index in [1.165, 1.54) is 41.5 Å². The largest absolute Gasteiger partial charge is 0.456 e. The average molecular weight is 871 g/mol. The van der Waals surface area contributed by atoms with Crippen LogP contribution in [0.4, 0.5) is 56.9 Å². The predicted molar refractivity (Wildman–Crippen MR) is 213 cm³/mol. The fourth-order valence-corrected chi connectivity index (χ4v) is 4.77. The maximum absolute atomic E-state index is 14.6. The number of nitrogens with zero attached hydrogens (tertiary/aromatic N) is 2. The molecule has 0 saturated carbocycles. The first-order chi connectivity index (χ1) is 27.6. The number of rotatable bonds is 4. The van der Waals surface area contributed by atoms with Gasteiger partial charge in [0.05, 0.1) is 11.1 Å². The third kappa shape index (κ3) is 16.7. The van der Waals surface area contributed by atoms with Gasteiger partial charge in [0.15, 0.2) is 0 Å². The molecule has 0 radical (unpaired) electrons. The maximum atomic E-state index is 14.6. The molecule has 3 rings (SSSR count). The molecular formula is C40H48F6N6O9. The number of hydrogen-bond donors (Lipinski definition) is 4. The minimum atomic E-state index is -5.07. The number of alkyl carbamates (subject to hydrolysis) is 2. The number of alkyl halides is 6. The van der Waals surface area contributed by atoms with Crippen molar-refractivity contribution in [1.82, 2.24) is 10.6 Å². The Bertz CT molecular complexity index is 2020. The molecule has 0 bridgehead atoms. The minimum Gasteiger partial charge on any atom is -0.456 e. The van der Waals surface area contributed by atoms with Gasteiger partial charge in [-0.05, 0) is 132 Å². The molecule has 0 spiro atoms. The van der Waals surface area contributed by atoms with Gasteiger partial charge in [-0.1, -0.05) is 0 Å². The van der Waals surface area contributed by atoms with E-state index in [9.17, 15) is 45.5 Å². The quantitative estimate of drug-likeness (QED) is 0.0844. The van der Waals surface area contributed by atoms with Gasteiger partial charge in [-0.15, -0.1) is 9.98 Å². The Morgan fingerprint density at radius 1 is 0.492 bits per heavy atom. The topological polar surface area (TPSA) is 191 Å². The zero-order valence-electron chi connectivity index (χ0n) is 35.5. The fourth-order valence-electron chi connectivity index (χ4n) is 4.77. The molecule has 1 heterocycles. The molecule has 0 atom stereocenters. The number of furan rings is 1. The molecule has 1 aromatic heterocycles. The number of ether oxygens (including phenoxy) is 4. The van der Waals surface area contributed by atoms with E-state index >= 15 is 0 Å². The smallest absolute Gasteiger partial charge is 0.437 e. The molecule has 334 valence electrons.